The number of nitrogens with two attached hydrogens (primary N) is 1. The monoisotopic (exact) mass is 632 g/mol. The summed E-state index contributed by atoms with van der Waals surface area (Å²) >= 11 is 0. The van der Waals surface area contributed by atoms with Crippen molar-refractivity contribution in [3.05, 3.63) is 82.4 Å². The van der Waals surface area contributed by atoms with Gasteiger partial charge in [-0.15, -0.1) is 24.8 Å². The summed E-state index contributed by atoms with van der Waals surface area (Å²) in [4.78, 5) is 48.0. The number of quaternary nitrogens is 1. The average Bonchev–Trinajstić information content (AvgIpc) is 3.40. The van der Waals surface area contributed by atoms with Gasteiger partial charge in [0.05, 0.1) is 6.54 Å². The molecule has 0 bridgehead atoms. The molecule has 43 heavy (non-hydrogen) atoms. The largest absolute Gasteiger partial charge is 0.480 e. The molecular formula is C29H36Cl2N7O5+. The summed E-state index contributed by atoms with van der Waals surface area (Å²) in [6.07, 6.45) is 2.55. The van der Waals surface area contributed by atoms with Gasteiger partial charge in [-0.2, -0.15) is 4.98 Å². The lowest BCUT2D eigenvalue weighted by atomic mass is 9.97. The molecule has 3 aromatic rings. The van der Waals surface area contributed by atoms with Crippen LogP contribution in [0.25, 0.3) is 0 Å². The Bertz CT molecular complexity index is 1470. The van der Waals surface area contributed by atoms with Crippen molar-refractivity contribution in [2.45, 2.75) is 39.0 Å². The molecule has 0 radical (unpaired) electrons. The van der Waals surface area contributed by atoms with Crippen LogP contribution in [0.3, 0.4) is 0 Å². The topological polar surface area (TPSA) is 155 Å². The number of piperidine rings is 1. The van der Waals surface area contributed by atoms with E-state index >= 15 is 0 Å². The Balaban J connectivity index is 0.00000253. The van der Waals surface area contributed by atoms with Crippen molar-refractivity contribution in [3.8, 4) is 0 Å². The summed E-state index contributed by atoms with van der Waals surface area (Å²) in [6, 6.07) is 15.8. The zero-order chi connectivity index (χ0) is 28.8. The molecule has 3 heterocycles. The van der Waals surface area contributed by atoms with Crippen LogP contribution in [-0.2, 0) is 22.7 Å². The number of fused-ring (bicyclic) bond motifs is 1. The molecule has 5 N–H and O–H groups in total. The Morgan fingerprint density at radius 1 is 1.14 bits per heavy atom. The minimum absolute atomic E-state index is 0. The van der Waals surface area contributed by atoms with Crippen LogP contribution in [0.1, 0.15) is 24.0 Å². The van der Waals surface area contributed by atoms with Crippen molar-refractivity contribution >= 4 is 60.0 Å². The Kier molecular flexibility index (Phi) is 11.9. The molecule has 0 unspecified atom stereocenters. The number of hydrogen-bond donors (Lipinski definition) is 4. The number of halogens is 2. The van der Waals surface area contributed by atoms with Gasteiger partial charge in [-0.25, -0.2) is 24.7 Å². The zero-order valence-corrected chi connectivity index (χ0v) is 25.3. The van der Waals surface area contributed by atoms with E-state index in [1.807, 2.05) is 43.3 Å². The maximum absolute atomic E-state index is 12.9. The van der Waals surface area contributed by atoms with Gasteiger partial charge in [0.25, 0.3) is 0 Å². The molecule has 2 aliphatic heterocycles. The molecule has 1 amide bonds. The second kappa shape index (κ2) is 15.4. The predicted molar refractivity (Wildman–Crippen MR) is 168 cm³/mol. The van der Waals surface area contributed by atoms with Crippen LogP contribution in [0.4, 0.5) is 22.0 Å². The van der Waals surface area contributed by atoms with Gasteiger partial charge in [-0.3, -0.25) is 9.88 Å². The van der Waals surface area contributed by atoms with Crippen LogP contribution in [-0.4, -0.2) is 58.4 Å². The number of ether oxygens (including phenoxy) is 1. The number of anilines is 2. The summed E-state index contributed by atoms with van der Waals surface area (Å²) in [6.45, 7) is 3.79. The van der Waals surface area contributed by atoms with Crippen molar-refractivity contribution in [2.75, 3.05) is 29.9 Å². The number of aryl methyl sites for hydroxylation is 1. The second-order valence-corrected chi connectivity index (χ2v) is 10.3. The maximum atomic E-state index is 12.9. The molecule has 0 aliphatic carbocycles. The third-order valence-electron chi connectivity index (χ3n) is 7.28. The van der Waals surface area contributed by atoms with Crippen molar-refractivity contribution in [1.82, 2.24) is 14.9 Å². The van der Waals surface area contributed by atoms with Gasteiger partial charge in [0, 0.05) is 37.5 Å². The molecule has 12 nitrogen and oxygen atoms in total. The van der Waals surface area contributed by atoms with Crippen LogP contribution in [0.5, 0.6) is 0 Å². The zero-order valence-electron chi connectivity index (χ0n) is 23.6. The van der Waals surface area contributed by atoms with Crippen molar-refractivity contribution in [1.29, 1.82) is 0 Å². The van der Waals surface area contributed by atoms with E-state index in [9.17, 15) is 19.5 Å². The van der Waals surface area contributed by atoms with Crippen molar-refractivity contribution < 1.29 is 24.7 Å². The van der Waals surface area contributed by atoms with E-state index in [-0.39, 0.29) is 38.0 Å². The number of carbonyl (C=O) groups excluding carboxylic acids is 1. The molecule has 2 aromatic carbocycles. The highest BCUT2D eigenvalue weighted by Gasteiger charge is 2.26. The van der Waals surface area contributed by atoms with Gasteiger partial charge in [-0.1, -0.05) is 42.5 Å². The second-order valence-electron chi connectivity index (χ2n) is 10.3. The molecule has 0 spiro atoms. The highest BCUT2D eigenvalue weighted by Crippen LogP contribution is 2.24. The minimum Gasteiger partial charge on any atom is -0.480 e. The first-order valence-corrected chi connectivity index (χ1v) is 13.6. The molecule has 1 aromatic heterocycles. The number of guanidine groups is 1. The van der Waals surface area contributed by atoms with Crippen LogP contribution in [0.2, 0.25) is 0 Å². The molecule has 2 aliphatic rings. The van der Waals surface area contributed by atoms with Gasteiger partial charge >= 0.3 is 23.7 Å². The quantitative estimate of drug-likeness (QED) is 0.263. The predicted octanol–water partition coefficient (Wildman–Crippen LogP) is 2.67. The summed E-state index contributed by atoms with van der Waals surface area (Å²) in [5, 5.41) is 17.4. The molecule has 1 saturated heterocycles. The number of para-hydroxylation sites is 2. The van der Waals surface area contributed by atoms with Crippen molar-refractivity contribution in [2.24, 2.45) is 10.9 Å². The SMILES string of the molecule is Cc1cn(C[C@H](NC(=O)OCc2ccccc2)C(=O)O)c(=O)nc1N1CCC(CN=C2Nc3ccccc3[NH2+]2)CC1.Cl.Cl. The molecule has 14 heteroatoms. The highest BCUT2D eigenvalue weighted by molar-refractivity contribution is 5.95. The normalized spacial score (nSPS) is 15.8. The maximum Gasteiger partial charge on any atom is 0.408 e. The number of carboxylic acids is 1. The van der Waals surface area contributed by atoms with E-state index in [0.717, 1.165) is 60.9 Å². The number of carboxylic acid groups (broad SMARTS) is 1. The lowest BCUT2D eigenvalue weighted by molar-refractivity contribution is -0.437. The van der Waals surface area contributed by atoms with Gasteiger partial charge in [0.15, 0.2) is 5.69 Å². The number of rotatable bonds is 9. The van der Waals surface area contributed by atoms with Crippen LogP contribution in [0.15, 0.2) is 70.6 Å². The van der Waals surface area contributed by atoms with E-state index in [2.05, 4.69) is 31.9 Å². The first-order valence-electron chi connectivity index (χ1n) is 13.6. The fraction of sp³-hybridized carbons (Fsp3) is 0.345. The summed E-state index contributed by atoms with van der Waals surface area (Å²) < 4.78 is 6.34. The third-order valence-corrected chi connectivity index (χ3v) is 7.28. The number of amides is 1. The van der Waals surface area contributed by atoms with Gasteiger partial charge in [0.1, 0.15) is 24.2 Å². The number of aliphatic carboxylic acids is 1. The Hall–Kier alpha value is -4.13. The third kappa shape index (κ3) is 8.69. The standard InChI is InChI=1S/C29H33N7O5.2ClH/c1-19-16-36(17-24(26(37)38)33-29(40)41-18-21-7-3-2-4-8-21)28(39)34-25(19)35-13-11-20(12-14-35)15-30-27-31-22-9-5-6-10-23(22)32-27;;/h2-10,16,20,24H,11-15,17-18H2,1H3,(H,33,40)(H,37,38)(H2,30,31,32);2*1H/p+1/t24-;;/m0../s1. The molecule has 5 rings (SSSR count). The van der Waals surface area contributed by atoms with E-state index in [4.69, 9.17) is 9.73 Å². The number of carbonyl (C=O) groups is 2. The summed E-state index contributed by atoms with van der Waals surface area (Å²) in [7, 11) is 0. The van der Waals surface area contributed by atoms with Gasteiger partial charge in [-0.05, 0) is 37.3 Å². The minimum atomic E-state index is -1.36. The van der Waals surface area contributed by atoms with Gasteiger partial charge in [0.2, 0.25) is 0 Å². The molecule has 0 saturated carbocycles. The number of aliphatic imine (C=N–C) groups is 1. The van der Waals surface area contributed by atoms with Crippen LogP contribution in [0, 0.1) is 12.8 Å². The van der Waals surface area contributed by atoms with Crippen LogP contribution < -0.4 is 26.5 Å². The Labute approximate surface area is 261 Å². The lowest BCUT2D eigenvalue weighted by Gasteiger charge is -2.33. The number of nitrogens with one attached hydrogen (secondary N) is 2. The van der Waals surface area contributed by atoms with E-state index in [0.29, 0.717) is 11.7 Å². The summed E-state index contributed by atoms with van der Waals surface area (Å²) in [5.74, 6) is 0.630. The number of nitrogens with zero attached hydrogens (tertiary/aromatic N) is 4. The summed E-state index contributed by atoms with van der Waals surface area (Å²) in [5.41, 5.74) is 3.17. The highest BCUT2D eigenvalue weighted by atomic mass is 35.5. The molecule has 230 valence electrons. The van der Waals surface area contributed by atoms with E-state index < -0.39 is 23.8 Å². The first kappa shape index (κ1) is 33.4. The average molecular weight is 634 g/mol. The fourth-order valence-corrected chi connectivity index (χ4v) is 5.03. The van der Waals surface area contributed by atoms with E-state index in [1.54, 1.807) is 18.3 Å². The number of aromatic nitrogens is 2. The Morgan fingerprint density at radius 2 is 1.84 bits per heavy atom. The number of hydrogen-bond acceptors (Lipinski definition) is 7. The smallest absolute Gasteiger partial charge is 0.408 e. The van der Waals surface area contributed by atoms with E-state index in [1.165, 1.54) is 4.57 Å². The first-order chi connectivity index (χ1) is 19.9. The van der Waals surface area contributed by atoms with Gasteiger partial charge < -0.3 is 20.1 Å². The fourth-order valence-electron chi connectivity index (χ4n) is 5.03. The van der Waals surface area contributed by atoms with Crippen molar-refractivity contribution in [3.63, 3.8) is 0 Å². The molecule has 1 fully saturated rings. The van der Waals surface area contributed by atoms with Crippen LogP contribution >= 0.6 is 24.8 Å². The number of alkyl carbamates (subject to hydrolysis) is 1. The number of benzene rings is 2. The lowest BCUT2D eigenvalue weighted by Crippen LogP contribution is -2.81. The molecule has 1 atom stereocenters. The molecular weight excluding hydrogens is 597 g/mol. The Morgan fingerprint density at radius 3 is 2.53 bits per heavy atom.